The summed E-state index contributed by atoms with van der Waals surface area (Å²) < 4.78 is 2.53. The summed E-state index contributed by atoms with van der Waals surface area (Å²) in [5.41, 5.74) is 8.79. The lowest BCUT2D eigenvalue weighted by atomic mass is 10.2. The highest BCUT2D eigenvalue weighted by Gasteiger charge is 2.20. The number of aromatic nitrogens is 2. The Morgan fingerprint density at radius 2 is 2.11 bits per heavy atom. The van der Waals surface area contributed by atoms with Crippen molar-refractivity contribution in [3.05, 3.63) is 24.0 Å². The number of aryl methyl sites for hydroxylation is 1. The molecule has 0 atom stereocenters. The molecule has 0 amide bonds. The first-order valence-corrected chi connectivity index (χ1v) is 7.49. The highest BCUT2D eigenvalue weighted by Crippen LogP contribution is 2.27. The Balaban J connectivity index is 2.53. The molecule has 1 aromatic heterocycles. The minimum atomic E-state index is 0.207. The molecule has 0 fully saturated rings. The van der Waals surface area contributed by atoms with Crippen LogP contribution < -0.4 is 5.73 Å². The van der Waals surface area contributed by atoms with Crippen LogP contribution in [0, 0.1) is 0 Å². The fourth-order valence-corrected chi connectivity index (χ4v) is 2.35. The van der Waals surface area contributed by atoms with Crippen LogP contribution >= 0.6 is 11.8 Å². The molecule has 0 spiro atoms. The summed E-state index contributed by atoms with van der Waals surface area (Å²) in [7, 11) is 0. The predicted molar refractivity (Wildman–Crippen MR) is 81.1 cm³/mol. The number of benzene rings is 1. The van der Waals surface area contributed by atoms with Gasteiger partial charge in [-0.15, -0.1) is 0 Å². The van der Waals surface area contributed by atoms with Crippen molar-refractivity contribution in [2.75, 3.05) is 12.0 Å². The first-order valence-electron chi connectivity index (χ1n) is 6.26. The first-order chi connectivity index (χ1) is 8.46. The molecule has 0 saturated carbocycles. The van der Waals surface area contributed by atoms with Crippen molar-refractivity contribution in [1.82, 2.24) is 9.55 Å². The molecule has 0 radical (unpaired) electrons. The fraction of sp³-hybridized carbons (Fsp3) is 0.500. The second-order valence-corrected chi connectivity index (χ2v) is 6.69. The van der Waals surface area contributed by atoms with E-state index in [9.17, 15) is 0 Å². The van der Waals surface area contributed by atoms with Gasteiger partial charge in [0.15, 0.2) is 0 Å². The second-order valence-electron chi connectivity index (χ2n) is 5.18. The molecule has 2 N–H and O–H groups in total. The Labute approximate surface area is 113 Å². The molecule has 0 unspecified atom stereocenters. The van der Waals surface area contributed by atoms with Crippen molar-refractivity contribution in [1.29, 1.82) is 0 Å². The maximum atomic E-state index is 5.82. The molecular formula is C14H21N3S. The molecule has 0 aliphatic rings. The van der Waals surface area contributed by atoms with Crippen molar-refractivity contribution in [3.8, 4) is 0 Å². The van der Waals surface area contributed by atoms with Gasteiger partial charge in [-0.1, -0.05) is 6.92 Å². The third kappa shape index (κ3) is 2.48. The summed E-state index contributed by atoms with van der Waals surface area (Å²) >= 11 is 1.88. The van der Waals surface area contributed by atoms with Crippen molar-refractivity contribution in [2.45, 2.75) is 38.5 Å². The molecule has 18 heavy (non-hydrogen) atoms. The third-order valence-corrected chi connectivity index (χ3v) is 4.49. The maximum Gasteiger partial charge on any atom is 0.109 e. The molecule has 1 aromatic carbocycles. The number of imidazole rings is 1. The Morgan fingerprint density at radius 3 is 2.72 bits per heavy atom. The monoisotopic (exact) mass is 263 g/mol. The smallest absolute Gasteiger partial charge is 0.109 e. The van der Waals surface area contributed by atoms with Crippen LogP contribution in [0.1, 0.15) is 26.6 Å². The van der Waals surface area contributed by atoms with Gasteiger partial charge in [-0.3, -0.25) is 0 Å². The fourth-order valence-electron chi connectivity index (χ4n) is 2.09. The molecule has 1 heterocycles. The van der Waals surface area contributed by atoms with Gasteiger partial charge in [0, 0.05) is 23.4 Å². The number of hydrogen-bond donors (Lipinski definition) is 1. The van der Waals surface area contributed by atoms with Gasteiger partial charge in [-0.2, -0.15) is 11.8 Å². The van der Waals surface area contributed by atoms with Gasteiger partial charge in [-0.05, 0) is 38.3 Å². The summed E-state index contributed by atoms with van der Waals surface area (Å²) in [4.78, 5) is 4.68. The van der Waals surface area contributed by atoms with Crippen LogP contribution in [0.4, 0.5) is 5.69 Å². The summed E-state index contributed by atoms with van der Waals surface area (Å²) in [6, 6.07) is 5.98. The van der Waals surface area contributed by atoms with E-state index in [1.165, 1.54) is 5.52 Å². The number of rotatable bonds is 4. The standard InChI is InChI=1S/C14H21N3S/c1-5-13-16-11-8-10(15)6-7-12(11)17(13)9-14(2,3)18-4/h6-8H,5,9,15H2,1-4H3. The third-order valence-electron chi connectivity index (χ3n) is 3.26. The number of hydrogen-bond acceptors (Lipinski definition) is 3. The molecular weight excluding hydrogens is 242 g/mol. The van der Waals surface area contributed by atoms with E-state index >= 15 is 0 Å². The second kappa shape index (κ2) is 4.84. The highest BCUT2D eigenvalue weighted by molar-refractivity contribution is 7.99. The molecule has 0 bridgehead atoms. The minimum absolute atomic E-state index is 0.207. The van der Waals surface area contributed by atoms with Crippen molar-refractivity contribution in [3.63, 3.8) is 0 Å². The summed E-state index contributed by atoms with van der Waals surface area (Å²) in [5, 5.41) is 0. The summed E-state index contributed by atoms with van der Waals surface area (Å²) in [5.74, 6) is 1.14. The molecule has 2 aromatic rings. The number of fused-ring (bicyclic) bond motifs is 1. The highest BCUT2D eigenvalue weighted by atomic mass is 32.2. The Hall–Kier alpha value is -1.16. The zero-order chi connectivity index (χ0) is 13.3. The normalized spacial score (nSPS) is 12.2. The average Bonchev–Trinajstić information content (AvgIpc) is 2.66. The summed E-state index contributed by atoms with van der Waals surface area (Å²) in [6.45, 7) is 7.64. The molecule has 4 heteroatoms. The molecule has 2 rings (SSSR count). The molecule has 0 aliphatic heterocycles. The van der Waals surface area contributed by atoms with E-state index in [4.69, 9.17) is 5.73 Å². The number of nitrogens with two attached hydrogens (primary N) is 1. The van der Waals surface area contributed by atoms with Crippen LogP contribution in [0.2, 0.25) is 0 Å². The average molecular weight is 263 g/mol. The number of nitrogens with zero attached hydrogens (tertiary/aromatic N) is 2. The van der Waals surface area contributed by atoms with Gasteiger partial charge in [0.1, 0.15) is 5.82 Å². The van der Waals surface area contributed by atoms with E-state index in [-0.39, 0.29) is 4.75 Å². The van der Waals surface area contributed by atoms with E-state index in [1.807, 2.05) is 23.9 Å². The van der Waals surface area contributed by atoms with E-state index in [2.05, 4.69) is 42.6 Å². The van der Waals surface area contributed by atoms with Crippen LogP contribution in [-0.2, 0) is 13.0 Å². The van der Waals surface area contributed by atoms with Crippen LogP contribution in [0.3, 0.4) is 0 Å². The SMILES string of the molecule is CCc1nc2cc(N)ccc2n1CC(C)(C)SC. The van der Waals surface area contributed by atoms with E-state index in [0.717, 1.165) is 30.0 Å². The Morgan fingerprint density at radius 1 is 1.39 bits per heavy atom. The van der Waals surface area contributed by atoms with Crippen molar-refractivity contribution >= 4 is 28.5 Å². The zero-order valence-corrected chi connectivity index (χ0v) is 12.3. The topological polar surface area (TPSA) is 43.8 Å². The van der Waals surface area contributed by atoms with Crippen molar-refractivity contribution < 1.29 is 0 Å². The van der Waals surface area contributed by atoms with Gasteiger partial charge in [0.05, 0.1) is 11.0 Å². The van der Waals surface area contributed by atoms with E-state index in [0.29, 0.717) is 0 Å². The Kier molecular flexibility index (Phi) is 3.57. The predicted octanol–water partition coefficient (Wildman–Crippen LogP) is 3.32. The van der Waals surface area contributed by atoms with E-state index in [1.54, 1.807) is 0 Å². The van der Waals surface area contributed by atoms with Crippen LogP contribution in [0.15, 0.2) is 18.2 Å². The largest absolute Gasteiger partial charge is 0.399 e. The zero-order valence-electron chi connectivity index (χ0n) is 11.5. The lowest BCUT2D eigenvalue weighted by molar-refractivity contribution is 0.561. The molecule has 98 valence electrons. The number of nitrogen functional groups attached to an aromatic ring is 1. The minimum Gasteiger partial charge on any atom is -0.399 e. The molecule has 0 aliphatic carbocycles. The lowest BCUT2D eigenvalue weighted by Gasteiger charge is -2.24. The van der Waals surface area contributed by atoms with E-state index < -0.39 is 0 Å². The summed E-state index contributed by atoms with van der Waals surface area (Å²) in [6.07, 6.45) is 3.10. The maximum absolute atomic E-state index is 5.82. The first kappa shape index (κ1) is 13.3. The van der Waals surface area contributed by atoms with Gasteiger partial charge in [-0.25, -0.2) is 4.98 Å². The number of anilines is 1. The van der Waals surface area contributed by atoms with Crippen LogP contribution in [-0.4, -0.2) is 20.6 Å². The Bertz CT molecular complexity index is 557. The van der Waals surface area contributed by atoms with Crippen LogP contribution in [0.5, 0.6) is 0 Å². The van der Waals surface area contributed by atoms with Gasteiger partial charge >= 0.3 is 0 Å². The van der Waals surface area contributed by atoms with Gasteiger partial charge in [0.25, 0.3) is 0 Å². The van der Waals surface area contributed by atoms with Crippen molar-refractivity contribution in [2.24, 2.45) is 0 Å². The van der Waals surface area contributed by atoms with Gasteiger partial charge in [0.2, 0.25) is 0 Å². The van der Waals surface area contributed by atoms with Gasteiger partial charge < -0.3 is 10.3 Å². The molecule has 0 saturated heterocycles. The quantitative estimate of drug-likeness (QED) is 0.861. The van der Waals surface area contributed by atoms with Crippen LogP contribution in [0.25, 0.3) is 11.0 Å². The lowest BCUT2D eigenvalue weighted by Crippen LogP contribution is -2.23. The number of thioether (sulfide) groups is 1. The molecule has 3 nitrogen and oxygen atoms in total.